The van der Waals surface area contributed by atoms with Crippen LogP contribution >= 0.6 is 12.2 Å². The summed E-state index contributed by atoms with van der Waals surface area (Å²) < 4.78 is 0. The van der Waals surface area contributed by atoms with Gasteiger partial charge in [-0.05, 0) is 17.8 Å². The first-order valence-corrected chi connectivity index (χ1v) is 9.21. The zero-order chi connectivity index (χ0) is 17.3. The molecule has 3 rings (SSSR count). The summed E-state index contributed by atoms with van der Waals surface area (Å²) in [5.41, 5.74) is 6.81. The molecule has 0 aromatic heterocycles. The number of nitrogens with one attached hydrogen (secondary N) is 3. The van der Waals surface area contributed by atoms with Crippen molar-refractivity contribution in [3.63, 3.8) is 0 Å². The van der Waals surface area contributed by atoms with E-state index in [0.717, 1.165) is 32.5 Å². The average molecular weight is 354 g/mol. The van der Waals surface area contributed by atoms with E-state index in [1.807, 2.05) is 18.2 Å². The number of thiocarbonyl (C=S) groups is 1. The van der Waals surface area contributed by atoms with Gasteiger partial charge in [0.25, 0.3) is 0 Å². The molecule has 2 aromatic rings. The van der Waals surface area contributed by atoms with Crippen molar-refractivity contribution in [3.05, 3.63) is 71.8 Å². The van der Waals surface area contributed by atoms with Gasteiger partial charge in [0.05, 0.1) is 13.1 Å². The Morgan fingerprint density at radius 1 is 0.920 bits per heavy atom. The molecule has 1 aliphatic heterocycles. The summed E-state index contributed by atoms with van der Waals surface area (Å²) in [7, 11) is 0. The fourth-order valence-corrected chi connectivity index (χ4v) is 3.13. The minimum absolute atomic E-state index is 0.579. The van der Waals surface area contributed by atoms with E-state index in [-0.39, 0.29) is 0 Å². The molecule has 0 saturated carbocycles. The van der Waals surface area contributed by atoms with Crippen LogP contribution in [0.3, 0.4) is 0 Å². The summed E-state index contributed by atoms with van der Waals surface area (Å²) in [6.45, 7) is 4.06. The van der Waals surface area contributed by atoms with Gasteiger partial charge in [-0.1, -0.05) is 60.7 Å². The molecule has 0 spiro atoms. The highest BCUT2D eigenvalue weighted by Gasteiger charge is 2.18. The maximum absolute atomic E-state index is 5.30. The van der Waals surface area contributed by atoms with Crippen molar-refractivity contribution < 1.29 is 4.90 Å². The molecule has 1 aliphatic rings. The van der Waals surface area contributed by atoms with Crippen molar-refractivity contribution in [2.45, 2.75) is 25.9 Å². The van der Waals surface area contributed by atoms with Crippen LogP contribution in [-0.2, 0) is 13.1 Å². The van der Waals surface area contributed by atoms with Crippen LogP contribution in [0.4, 0.5) is 0 Å². The highest BCUT2D eigenvalue weighted by Crippen LogP contribution is 1.99. The number of likely N-dealkylation sites (tertiary alicyclic amines) is 1. The third-order valence-corrected chi connectivity index (χ3v) is 4.68. The zero-order valence-electron chi connectivity index (χ0n) is 14.4. The molecule has 25 heavy (non-hydrogen) atoms. The van der Waals surface area contributed by atoms with Gasteiger partial charge in [-0.15, -0.1) is 0 Å². The first-order valence-electron chi connectivity index (χ1n) is 8.80. The Labute approximate surface area is 154 Å². The maximum Gasteiger partial charge on any atom is 0.187 e. The monoisotopic (exact) mass is 353 g/mol. The quantitative estimate of drug-likeness (QED) is 0.568. The second kappa shape index (κ2) is 9.30. The lowest BCUT2D eigenvalue weighted by molar-refractivity contribution is -0.914. The van der Waals surface area contributed by atoms with Crippen LogP contribution in [-0.4, -0.2) is 23.9 Å². The van der Waals surface area contributed by atoms with E-state index in [1.54, 1.807) is 4.90 Å². The largest absolute Gasteiger partial charge is 0.357 e. The van der Waals surface area contributed by atoms with E-state index >= 15 is 0 Å². The fourth-order valence-electron chi connectivity index (χ4n) is 3.01. The van der Waals surface area contributed by atoms with Crippen molar-refractivity contribution in [3.8, 4) is 0 Å². The van der Waals surface area contributed by atoms with Gasteiger partial charge >= 0.3 is 0 Å². The molecule has 3 N–H and O–H groups in total. The third kappa shape index (κ3) is 5.96. The van der Waals surface area contributed by atoms with E-state index in [0.29, 0.717) is 11.7 Å². The van der Waals surface area contributed by atoms with Gasteiger partial charge in [0.2, 0.25) is 0 Å². The summed E-state index contributed by atoms with van der Waals surface area (Å²) in [5, 5.41) is 8.25. The van der Waals surface area contributed by atoms with Crippen molar-refractivity contribution in [1.82, 2.24) is 10.7 Å². The van der Waals surface area contributed by atoms with Crippen LogP contribution in [0.25, 0.3) is 0 Å². The van der Waals surface area contributed by atoms with Crippen LogP contribution in [0.2, 0.25) is 0 Å². The number of rotatable bonds is 5. The second-order valence-electron chi connectivity index (χ2n) is 6.37. The Kier molecular flexibility index (Phi) is 6.54. The Morgan fingerprint density at radius 3 is 2.16 bits per heavy atom. The molecule has 1 saturated heterocycles. The number of hydrazone groups is 1. The smallest absolute Gasteiger partial charge is 0.187 e. The van der Waals surface area contributed by atoms with E-state index in [1.165, 1.54) is 16.8 Å². The van der Waals surface area contributed by atoms with E-state index in [4.69, 9.17) is 12.2 Å². The van der Waals surface area contributed by atoms with Crippen molar-refractivity contribution >= 4 is 23.0 Å². The van der Waals surface area contributed by atoms with Gasteiger partial charge in [-0.2, -0.15) is 5.10 Å². The molecule has 0 bridgehead atoms. The normalized spacial score (nSPS) is 17.0. The van der Waals surface area contributed by atoms with Crippen LogP contribution < -0.4 is 15.6 Å². The number of hydrogen-bond donors (Lipinski definition) is 3. The van der Waals surface area contributed by atoms with Crippen LogP contribution in [0, 0.1) is 0 Å². The van der Waals surface area contributed by atoms with E-state index in [2.05, 4.69) is 58.3 Å². The number of piperidine rings is 1. The highest BCUT2D eigenvalue weighted by atomic mass is 32.1. The van der Waals surface area contributed by atoms with E-state index in [9.17, 15) is 0 Å². The average Bonchev–Trinajstić information content (AvgIpc) is 2.67. The topological polar surface area (TPSA) is 40.9 Å². The molecule has 5 heteroatoms. The highest BCUT2D eigenvalue weighted by molar-refractivity contribution is 7.80. The van der Waals surface area contributed by atoms with Crippen molar-refractivity contribution in [1.29, 1.82) is 0 Å². The SMILES string of the molecule is S=C(NCc1ccccc1)NN=C1CC[NH+](Cc2ccccc2)CC1. The van der Waals surface area contributed by atoms with Gasteiger partial charge in [-0.25, -0.2) is 0 Å². The standard InChI is InChI=1S/C20H24N4S/c25-20(21-15-17-7-3-1-4-8-17)23-22-19-11-13-24(14-12-19)16-18-9-5-2-6-10-18/h1-10H,11-16H2,(H2,21,23,25)/p+1. The lowest BCUT2D eigenvalue weighted by Gasteiger charge is -2.24. The molecular formula is C20H25N4S+. The fraction of sp³-hybridized carbons (Fsp3) is 0.300. The number of benzene rings is 2. The van der Waals surface area contributed by atoms with Crippen LogP contribution in [0.1, 0.15) is 24.0 Å². The lowest BCUT2D eigenvalue weighted by Crippen LogP contribution is -3.11. The molecule has 1 heterocycles. The van der Waals surface area contributed by atoms with E-state index < -0.39 is 0 Å². The molecule has 0 radical (unpaired) electrons. The Balaban J connectivity index is 1.38. The first kappa shape index (κ1) is 17.6. The van der Waals surface area contributed by atoms with Gasteiger partial charge in [0.1, 0.15) is 6.54 Å². The zero-order valence-corrected chi connectivity index (χ0v) is 15.2. The van der Waals surface area contributed by atoms with Crippen LogP contribution in [0.15, 0.2) is 65.8 Å². The van der Waals surface area contributed by atoms with Gasteiger partial charge in [0.15, 0.2) is 5.11 Å². The summed E-state index contributed by atoms with van der Waals surface area (Å²) >= 11 is 5.30. The molecular weight excluding hydrogens is 328 g/mol. The summed E-state index contributed by atoms with van der Waals surface area (Å²) in [4.78, 5) is 1.62. The van der Waals surface area contributed by atoms with Crippen molar-refractivity contribution in [2.75, 3.05) is 13.1 Å². The molecule has 0 unspecified atom stereocenters. The third-order valence-electron chi connectivity index (χ3n) is 4.44. The predicted octanol–water partition coefficient (Wildman–Crippen LogP) is 1.89. The van der Waals surface area contributed by atoms with Crippen molar-refractivity contribution in [2.24, 2.45) is 5.10 Å². The molecule has 2 aromatic carbocycles. The molecule has 4 nitrogen and oxygen atoms in total. The predicted molar refractivity (Wildman–Crippen MR) is 107 cm³/mol. The van der Waals surface area contributed by atoms with Gasteiger partial charge < -0.3 is 10.2 Å². The van der Waals surface area contributed by atoms with Gasteiger partial charge in [0, 0.05) is 30.7 Å². The minimum atomic E-state index is 0.579. The summed E-state index contributed by atoms with van der Waals surface area (Å²) in [6, 6.07) is 20.9. The first-order chi connectivity index (χ1) is 12.3. The summed E-state index contributed by atoms with van der Waals surface area (Å²) in [5.74, 6) is 0. The molecule has 0 aliphatic carbocycles. The Morgan fingerprint density at radius 2 is 1.52 bits per heavy atom. The Hall–Kier alpha value is -2.24. The number of nitrogens with zero attached hydrogens (tertiary/aromatic N) is 1. The van der Waals surface area contributed by atoms with Gasteiger partial charge in [-0.3, -0.25) is 5.43 Å². The lowest BCUT2D eigenvalue weighted by atomic mass is 10.1. The molecule has 0 amide bonds. The number of hydrogen-bond acceptors (Lipinski definition) is 2. The minimum Gasteiger partial charge on any atom is -0.357 e. The number of quaternary nitrogens is 1. The summed E-state index contributed by atoms with van der Waals surface area (Å²) in [6.07, 6.45) is 2.05. The maximum atomic E-state index is 5.30. The Bertz CT molecular complexity index is 690. The molecule has 0 atom stereocenters. The van der Waals surface area contributed by atoms with Crippen LogP contribution in [0.5, 0.6) is 0 Å². The molecule has 1 fully saturated rings. The second-order valence-corrected chi connectivity index (χ2v) is 6.78. The molecule has 130 valence electrons.